The summed E-state index contributed by atoms with van der Waals surface area (Å²) in [5.41, 5.74) is 5.86. The first-order chi connectivity index (χ1) is 12.1. The SMILES string of the molecule is Cc1ccccc1-n1nc(C(=O)N[C@@H](C)c2ccn[nH]2)c2c1CCC2. The second kappa shape index (κ2) is 6.20. The van der Waals surface area contributed by atoms with Crippen LogP contribution in [0.1, 0.15) is 52.4 Å². The van der Waals surface area contributed by atoms with Gasteiger partial charge in [0.2, 0.25) is 0 Å². The van der Waals surface area contributed by atoms with E-state index in [4.69, 9.17) is 0 Å². The number of para-hydroxylation sites is 1. The van der Waals surface area contributed by atoms with Crippen LogP contribution in [0.4, 0.5) is 0 Å². The molecule has 0 saturated carbocycles. The maximum Gasteiger partial charge on any atom is 0.272 e. The number of rotatable bonds is 4. The van der Waals surface area contributed by atoms with Gasteiger partial charge in [0, 0.05) is 17.5 Å². The van der Waals surface area contributed by atoms with E-state index in [1.54, 1.807) is 6.20 Å². The van der Waals surface area contributed by atoms with Gasteiger partial charge in [-0.25, -0.2) is 4.68 Å². The second-order valence-electron chi connectivity index (χ2n) is 6.53. The van der Waals surface area contributed by atoms with Crippen molar-refractivity contribution in [1.29, 1.82) is 0 Å². The Labute approximate surface area is 146 Å². The average molecular weight is 335 g/mol. The van der Waals surface area contributed by atoms with E-state index in [1.807, 2.05) is 29.8 Å². The van der Waals surface area contributed by atoms with E-state index < -0.39 is 0 Å². The molecule has 0 unspecified atom stereocenters. The van der Waals surface area contributed by atoms with Crippen molar-refractivity contribution < 1.29 is 4.79 Å². The monoisotopic (exact) mass is 335 g/mol. The predicted octanol–water partition coefficient (Wildman–Crippen LogP) is 2.88. The highest BCUT2D eigenvalue weighted by Crippen LogP contribution is 2.29. The van der Waals surface area contributed by atoms with Gasteiger partial charge in [0.05, 0.1) is 17.4 Å². The molecule has 1 aromatic carbocycles. The number of fused-ring (bicyclic) bond motifs is 1. The number of amides is 1. The standard InChI is InChI=1S/C19H21N5O/c1-12-6-3-4-8-16(12)24-17-9-5-7-14(17)18(23-24)19(25)21-13(2)15-10-11-20-22-15/h3-4,6,8,10-11,13H,5,7,9H2,1-2H3,(H,20,22)(H,21,25)/t13-/m0/s1. The van der Waals surface area contributed by atoms with Crippen LogP contribution >= 0.6 is 0 Å². The molecule has 0 spiro atoms. The summed E-state index contributed by atoms with van der Waals surface area (Å²) in [6.45, 7) is 4.00. The van der Waals surface area contributed by atoms with E-state index in [0.717, 1.165) is 47.5 Å². The van der Waals surface area contributed by atoms with E-state index in [0.29, 0.717) is 5.69 Å². The Balaban J connectivity index is 1.68. The topological polar surface area (TPSA) is 75.6 Å². The Morgan fingerprint density at radius 2 is 2.12 bits per heavy atom. The predicted molar refractivity (Wildman–Crippen MR) is 94.8 cm³/mol. The molecule has 6 heteroatoms. The summed E-state index contributed by atoms with van der Waals surface area (Å²) in [6, 6.07) is 9.86. The summed E-state index contributed by atoms with van der Waals surface area (Å²) in [5, 5.41) is 14.5. The van der Waals surface area contributed by atoms with E-state index in [2.05, 4.69) is 39.7 Å². The fourth-order valence-electron chi connectivity index (χ4n) is 3.47. The van der Waals surface area contributed by atoms with Crippen LogP contribution in [0.15, 0.2) is 36.5 Å². The Hall–Kier alpha value is -2.89. The van der Waals surface area contributed by atoms with Crippen molar-refractivity contribution in [2.75, 3.05) is 0 Å². The third-order valence-corrected chi connectivity index (χ3v) is 4.83. The minimum atomic E-state index is -0.143. The fourth-order valence-corrected chi connectivity index (χ4v) is 3.47. The number of H-pyrrole nitrogens is 1. The van der Waals surface area contributed by atoms with Crippen LogP contribution in [-0.2, 0) is 12.8 Å². The number of nitrogens with one attached hydrogen (secondary N) is 2. The normalized spacial score (nSPS) is 14.3. The molecular formula is C19H21N5O. The number of aryl methyl sites for hydroxylation is 1. The summed E-state index contributed by atoms with van der Waals surface area (Å²) in [6.07, 6.45) is 4.61. The second-order valence-corrected chi connectivity index (χ2v) is 6.53. The maximum atomic E-state index is 12.8. The van der Waals surface area contributed by atoms with Crippen LogP contribution in [0.3, 0.4) is 0 Å². The van der Waals surface area contributed by atoms with Gasteiger partial charge < -0.3 is 5.32 Å². The molecule has 4 rings (SSSR count). The third-order valence-electron chi connectivity index (χ3n) is 4.83. The van der Waals surface area contributed by atoms with Crippen LogP contribution in [-0.4, -0.2) is 25.9 Å². The molecule has 1 aliphatic rings. The van der Waals surface area contributed by atoms with Gasteiger partial charge in [0.1, 0.15) is 0 Å². The van der Waals surface area contributed by atoms with Gasteiger partial charge in [-0.15, -0.1) is 0 Å². The maximum absolute atomic E-state index is 12.8. The van der Waals surface area contributed by atoms with Crippen LogP contribution in [0.25, 0.3) is 5.69 Å². The Bertz CT molecular complexity index is 910. The summed E-state index contributed by atoms with van der Waals surface area (Å²) in [5.74, 6) is -0.132. The van der Waals surface area contributed by atoms with E-state index in [-0.39, 0.29) is 11.9 Å². The van der Waals surface area contributed by atoms with Crippen molar-refractivity contribution in [3.05, 3.63) is 64.7 Å². The van der Waals surface area contributed by atoms with E-state index in [9.17, 15) is 4.79 Å². The molecule has 1 aliphatic carbocycles. The third kappa shape index (κ3) is 2.73. The molecule has 0 aliphatic heterocycles. The summed E-state index contributed by atoms with van der Waals surface area (Å²) >= 11 is 0. The van der Waals surface area contributed by atoms with Gasteiger partial charge in [-0.1, -0.05) is 18.2 Å². The van der Waals surface area contributed by atoms with Crippen LogP contribution < -0.4 is 5.32 Å². The lowest BCUT2D eigenvalue weighted by Crippen LogP contribution is -2.28. The number of nitrogens with zero attached hydrogens (tertiary/aromatic N) is 3. The van der Waals surface area contributed by atoms with Crippen molar-refractivity contribution >= 4 is 5.91 Å². The summed E-state index contributed by atoms with van der Waals surface area (Å²) in [4.78, 5) is 12.8. The van der Waals surface area contributed by atoms with Crippen molar-refractivity contribution in [2.24, 2.45) is 0 Å². The number of hydrogen-bond acceptors (Lipinski definition) is 3. The van der Waals surface area contributed by atoms with E-state index >= 15 is 0 Å². The van der Waals surface area contributed by atoms with E-state index in [1.165, 1.54) is 0 Å². The van der Waals surface area contributed by atoms with Crippen molar-refractivity contribution in [1.82, 2.24) is 25.3 Å². The van der Waals surface area contributed by atoms with Crippen molar-refractivity contribution in [3.8, 4) is 5.69 Å². The van der Waals surface area contributed by atoms with Crippen molar-refractivity contribution in [2.45, 2.75) is 39.2 Å². The van der Waals surface area contributed by atoms with Gasteiger partial charge in [0.15, 0.2) is 5.69 Å². The highest BCUT2D eigenvalue weighted by atomic mass is 16.2. The van der Waals surface area contributed by atoms with Crippen LogP contribution in [0.2, 0.25) is 0 Å². The molecule has 3 aromatic rings. The first kappa shape index (κ1) is 15.6. The van der Waals surface area contributed by atoms with Gasteiger partial charge in [-0.3, -0.25) is 9.89 Å². The lowest BCUT2D eigenvalue weighted by Gasteiger charge is -2.11. The van der Waals surface area contributed by atoms with Gasteiger partial charge in [-0.2, -0.15) is 10.2 Å². The molecule has 128 valence electrons. The van der Waals surface area contributed by atoms with Crippen LogP contribution in [0, 0.1) is 6.92 Å². The molecule has 25 heavy (non-hydrogen) atoms. The molecule has 1 amide bonds. The zero-order chi connectivity index (χ0) is 17.4. The molecule has 1 atom stereocenters. The first-order valence-electron chi connectivity index (χ1n) is 8.62. The highest BCUT2D eigenvalue weighted by molar-refractivity contribution is 5.94. The quantitative estimate of drug-likeness (QED) is 0.770. The summed E-state index contributed by atoms with van der Waals surface area (Å²) < 4.78 is 1.95. The summed E-state index contributed by atoms with van der Waals surface area (Å²) in [7, 11) is 0. The lowest BCUT2D eigenvalue weighted by molar-refractivity contribution is 0.0932. The van der Waals surface area contributed by atoms with Gasteiger partial charge in [-0.05, 0) is 50.8 Å². The Morgan fingerprint density at radius 3 is 2.88 bits per heavy atom. The Kier molecular flexibility index (Phi) is 3.87. The molecule has 2 heterocycles. The lowest BCUT2D eigenvalue weighted by atomic mass is 10.1. The fraction of sp³-hybridized carbons (Fsp3) is 0.316. The molecule has 2 aromatic heterocycles. The minimum absolute atomic E-state index is 0.132. The number of aromatic nitrogens is 4. The largest absolute Gasteiger partial charge is 0.343 e. The number of hydrogen-bond donors (Lipinski definition) is 2. The number of aromatic amines is 1. The molecule has 6 nitrogen and oxygen atoms in total. The number of carbonyl (C=O) groups is 1. The van der Waals surface area contributed by atoms with Gasteiger partial charge in [0.25, 0.3) is 5.91 Å². The zero-order valence-corrected chi connectivity index (χ0v) is 14.4. The van der Waals surface area contributed by atoms with Crippen molar-refractivity contribution in [3.63, 3.8) is 0 Å². The number of carbonyl (C=O) groups excluding carboxylic acids is 1. The molecule has 0 saturated heterocycles. The zero-order valence-electron chi connectivity index (χ0n) is 14.4. The smallest absolute Gasteiger partial charge is 0.272 e. The molecule has 2 N–H and O–H groups in total. The minimum Gasteiger partial charge on any atom is -0.343 e. The molecule has 0 radical (unpaired) electrons. The van der Waals surface area contributed by atoms with Crippen LogP contribution in [0.5, 0.6) is 0 Å². The molecular weight excluding hydrogens is 314 g/mol. The first-order valence-corrected chi connectivity index (χ1v) is 8.62. The number of benzene rings is 1. The Morgan fingerprint density at radius 1 is 1.28 bits per heavy atom. The molecule has 0 bridgehead atoms. The average Bonchev–Trinajstić information content (AvgIpc) is 3.33. The molecule has 0 fully saturated rings. The highest BCUT2D eigenvalue weighted by Gasteiger charge is 2.28. The van der Waals surface area contributed by atoms with Gasteiger partial charge >= 0.3 is 0 Å².